The van der Waals surface area contributed by atoms with Gasteiger partial charge in [-0.05, 0) is 13.0 Å². The van der Waals surface area contributed by atoms with Gasteiger partial charge in [-0.3, -0.25) is 4.90 Å². The van der Waals surface area contributed by atoms with Crippen molar-refractivity contribution in [1.82, 2.24) is 15.1 Å². The van der Waals surface area contributed by atoms with Crippen molar-refractivity contribution >= 4 is 28.2 Å². The quantitative estimate of drug-likeness (QED) is 0.870. The van der Waals surface area contributed by atoms with Crippen molar-refractivity contribution < 1.29 is 0 Å². The minimum absolute atomic E-state index is 0.481. The Morgan fingerprint density at radius 3 is 2.45 bits per heavy atom. The number of rotatable bonds is 3. The molecular weight excluding hydrogens is 272 g/mol. The van der Waals surface area contributed by atoms with Crippen molar-refractivity contribution in [2.75, 3.05) is 37.6 Å². The van der Waals surface area contributed by atoms with Crippen molar-refractivity contribution in [3.8, 4) is 0 Å². The number of piperazine rings is 1. The maximum absolute atomic E-state index is 6.13. The first-order valence-corrected chi connectivity index (χ1v) is 7.55. The lowest BCUT2D eigenvalue weighted by molar-refractivity contribution is 0.258. The Hall–Kier alpha value is -1.39. The minimum atomic E-state index is 0.481. The molecule has 4 nitrogen and oxygen atoms in total. The molecule has 1 aliphatic heterocycles. The van der Waals surface area contributed by atoms with E-state index in [0.717, 1.165) is 42.8 Å². The summed E-state index contributed by atoms with van der Waals surface area (Å²) in [5.41, 5.74) is 0. The average molecular weight is 291 g/mol. The zero-order valence-corrected chi connectivity index (χ0v) is 12.5. The molecule has 0 unspecified atom stereocenters. The van der Waals surface area contributed by atoms with Crippen molar-refractivity contribution in [1.29, 1.82) is 0 Å². The summed E-state index contributed by atoms with van der Waals surface area (Å²) in [6.07, 6.45) is 1.21. The highest BCUT2D eigenvalue weighted by molar-refractivity contribution is 6.34. The molecule has 3 rings (SSSR count). The number of benzene rings is 1. The van der Waals surface area contributed by atoms with Gasteiger partial charge in [-0.2, -0.15) is 0 Å². The molecule has 0 atom stereocenters. The third-order valence-corrected chi connectivity index (χ3v) is 4.11. The number of nitrogens with zero attached hydrogens (tertiary/aromatic N) is 4. The molecule has 1 aromatic heterocycles. The van der Waals surface area contributed by atoms with Gasteiger partial charge in [-0.15, -0.1) is 10.2 Å². The first kappa shape index (κ1) is 13.6. The van der Waals surface area contributed by atoms with Gasteiger partial charge in [0.15, 0.2) is 11.0 Å². The molecule has 0 amide bonds. The Balaban J connectivity index is 1.87. The van der Waals surface area contributed by atoms with Crippen LogP contribution < -0.4 is 4.90 Å². The standard InChI is InChI=1S/C15H19ClN4/c1-2-7-19-8-10-20(11-9-19)15-13-6-4-3-5-12(13)14(16)17-18-15/h3-6H,2,7-11H2,1H3. The molecule has 106 valence electrons. The topological polar surface area (TPSA) is 32.3 Å². The van der Waals surface area contributed by atoms with Gasteiger partial charge in [-0.25, -0.2) is 0 Å². The largest absolute Gasteiger partial charge is 0.352 e. The van der Waals surface area contributed by atoms with Crippen molar-refractivity contribution in [3.63, 3.8) is 0 Å². The zero-order chi connectivity index (χ0) is 13.9. The van der Waals surface area contributed by atoms with Crippen LogP contribution in [-0.4, -0.2) is 47.8 Å². The van der Waals surface area contributed by atoms with Gasteiger partial charge in [0.05, 0.1) is 0 Å². The SMILES string of the molecule is CCCN1CCN(c2nnc(Cl)c3ccccc23)CC1. The fourth-order valence-electron chi connectivity index (χ4n) is 2.79. The lowest BCUT2D eigenvalue weighted by Crippen LogP contribution is -2.47. The summed E-state index contributed by atoms with van der Waals surface area (Å²) in [5.74, 6) is 0.959. The summed E-state index contributed by atoms with van der Waals surface area (Å²) in [6.45, 7) is 7.59. The average Bonchev–Trinajstić information content (AvgIpc) is 2.49. The Morgan fingerprint density at radius 2 is 1.75 bits per heavy atom. The van der Waals surface area contributed by atoms with Gasteiger partial charge in [0.25, 0.3) is 0 Å². The second-order valence-corrected chi connectivity index (χ2v) is 5.55. The van der Waals surface area contributed by atoms with Gasteiger partial charge in [0, 0.05) is 37.0 Å². The summed E-state index contributed by atoms with van der Waals surface area (Å²) in [5, 5.41) is 11.0. The van der Waals surface area contributed by atoms with E-state index >= 15 is 0 Å². The third kappa shape index (κ3) is 2.58. The monoisotopic (exact) mass is 290 g/mol. The van der Waals surface area contributed by atoms with Crippen LogP contribution in [0.4, 0.5) is 5.82 Å². The highest BCUT2D eigenvalue weighted by Gasteiger charge is 2.20. The fraction of sp³-hybridized carbons (Fsp3) is 0.467. The lowest BCUT2D eigenvalue weighted by Gasteiger charge is -2.35. The summed E-state index contributed by atoms with van der Waals surface area (Å²) in [6, 6.07) is 8.09. The van der Waals surface area contributed by atoms with Crippen LogP contribution >= 0.6 is 11.6 Å². The first-order chi connectivity index (χ1) is 9.79. The Labute approximate surface area is 124 Å². The van der Waals surface area contributed by atoms with Crippen LogP contribution in [0.25, 0.3) is 10.8 Å². The highest BCUT2D eigenvalue weighted by Crippen LogP contribution is 2.28. The second kappa shape index (κ2) is 5.94. The van der Waals surface area contributed by atoms with E-state index in [1.165, 1.54) is 13.0 Å². The van der Waals surface area contributed by atoms with Crippen LogP contribution in [0.1, 0.15) is 13.3 Å². The van der Waals surface area contributed by atoms with Crippen molar-refractivity contribution in [3.05, 3.63) is 29.4 Å². The molecule has 0 aliphatic carbocycles. The van der Waals surface area contributed by atoms with E-state index in [1.54, 1.807) is 0 Å². The maximum atomic E-state index is 6.13. The molecule has 20 heavy (non-hydrogen) atoms. The van der Waals surface area contributed by atoms with Crippen LogP contribution in [0.5, 0.6) is 0 Å². The number of hydrogen-bond acceptors (Lipinski definition) is 4. The van der Waals surface area contributed by atoms with Crippen molar-refractivity contribution in [2.24, 2.45) is 0 Å². The van der Waals surface area contributed by atoms with E-state index in [9.17, 15) is 0 Å². The first-order valence-electron chi connectivity index (χ1n) is 7.18. The van der Waals surface area contributed by atoms with Crippen molar-refractivity contribution in [2.45, 2.75) is 13.3 Å². The van der Waals surface area contributed by atoms with Crippen LogP contribution in [0.3, 0.4) is 0 Å². The van der Waals surface area contributed by atoms with E-state index < -0.39 is 0 Å². The van der Waals surface area contributed by atoms with E-state index in [2.05, 4.69) is 33.0 Å². The Morgan fingerprint density at radius 1 is 1.05 bits per heavy atom. The van der Waals surface area contributed by atoms with E-state index in [-0.39, 0.29) is 0 Å². The van der Waals surface area contributed by atoms with E-state index in [0.29, 0.717) is 5.15 Å². The van der Waals surface area contributed by atoms with Crippen LogP contribution in [0, 0.1) is 0 Å². The number of anilines is 1. The van der Waals surface area contributed by atoms with Gasteiger partial charge < -0.3 is 4.90 Å². The molecular formula is C15H19ClN4. The molecule has 1 aliphatic rings. The van der Waals surface area contributed by atoms with Gasteiger partial charge in [0.1, 0.15) is 0 Å². The number of hydrogen-bond donors (Lipinski definition) is 0. The van der Waals surface area contributed by atoms with Crippen LogP contribution in [0.15, 0.2) is 24.3 Å². The highest BCUT2D eigenvalue weighted by atomic mass is 35.5. The molecule has 2 heterocycles. The predicted octanol–water partition coefficient (Wildman–Crippen LogP) is 2.82. The molecule has 2 aromatic rings. The fourth-order valence-corrected chi connectivity index (χ4v) is 2.99. The molecule has 1 saturated heterocycles. The maximum Gasteiger partial charge on any atom is 0.159 e. The molecule has 0 saturated carbocycles. The Kier molecular flexibility index (Phi) is 4.03. The summed E-state index contributed by atoms with van der Waals surface area (Å²) in [7, 11) is 0. The molecule has 5 heteroatoms. The lowest BCUT2D eigenvalue weighted by atomic mass is 10.1. The molecule has 0 spiro atoms. The predicted molar refractivity (Wildman–Crippen MR) is 83.5 cm³/mol. The van der Waals surface area contributed by atoms with Crippen LogP contribution in [-0.2, 0) is 0 Å². The Bertz CT molecular complexity index is 593. The van der Waals surface area contributed by atoms with Crippen LogP contribution in [0.2, 0.25) is 5.15 Å². The normalized spacial score (nSPS) is 16.8. The summed E-state index contributed by atoms with van der Waals surface area (Å²) >= 11 is 6.13. The molecule has 1 aromatic carbocycles. The second-order valence-electron chi connectivity index (χ2n) is 5.19. The number of halogens is 1. The smallest absolute Gasteiger partial charge is 0.159 e. The summed E-state index contributed by atoms with van der Waals surface area (Å²) in [4.78, 5) is 4.82. The van der Waals surface area contributed by atoms with Gasteiger partial charge in [0.2, 0.25) is 0 Å². The van der Waals surface area contributed by atoms with Gasteiger partial charge in [-0.1, -0.05) is 42.8 Å². The molecule has 0 N–H and O–H groups in total. The zero-order valence-electron chi connectivity index (χ0n) is 11.7. The summed E-state index contributed by atoms with van der Waals surface area (Å²) < 4.78 is 0. The molecule has 0 radical (unpaired) electrons. The minimum Gasteiger partial charge on any atom is -0.352 e. The number of fused-ring (bicyclic) bond motifs is 1. The number of aromatic nitrogens is 2. The molecule has 1 fully saturated rings. The van der Waals surface area contributed by atoms with E-state index in [4.69, 9.17) is 11.6 Å². The molecule has 0 bridgehead atoms. The third-order valence-electron chi connectivity index (χ3n) is 3.83. The van der Waals surface area contributed by atoms with Gasteiger partial charge >= 0.3 is 0 Å². The van der Waals surface area contributed by atoms with E-state index in [1.807, 2.05) is 18.2 Å².